The summed E-state index contributed by atoms with van der Waals surface area (Å²) in [7, 11) is 6.07. The van der Waals surface area contributed by atoms with Crippen LogP contribution in [0.4, 0.5) is 0 Å². The van der Waals surface area contributed by atoms with E-state index in [-0.39, 0.29) is 0 Å². The lowest BCUT2D eigenvalue weighted by Gasteiger charge is -2.15. The summed E-state index contributed by atoms with van der Waals surface area (Å²) in [5, 5.41) is 20.1. The Labute approximate surface area is 435 Å². The molecule has 0 saturated heterocycles. The molecule has 0 radical (unpaired) electrons. The summed E-state index contributed by atoms with van der Waals surface area (Å²) >= 11 is 0. The Morgan fingerprint density at radius 2 is 1.22 bits per heavy atom. The van der Waals surface area contributed by atoms with Gasteiger partial charge in [0.15, 0.2) is 11.6 Å². The van der Waals surface area contributed by atoms with Crippen molar-refractivity contribution in [1.29, 1.82) is 0 Å². The van der Waals surface area contributed by atoms with Gasteiger partial charge in [-0.1, -0.05) is 48.5 Å². The van der Waals surface area contributed by atoms with Crippen LogP contribution in [0.1, 0.15) is 30.1 Å². The third-order valence-electron chi connectivity index (χ3n) is 15.3. The van der Waals surface area contributed by atoms with E-state index in [1.165, 1.54) is 5.69 Å². The number of pyridine rings is 3. The van der Waals surface area contributed by atoms with Gasteiger partial charge in [-0.2, -0.15) is 0 Å². The molecule has 0 unspecified atom stereocenters. The molecule has 14 aromatic rings. The minimum Gasteiger partial charge on any atom is -0.456 e. The summed E-state index contributed by atoms with van der Waals surface area (Å²) in [6.07, 6.45) is 11.6. The van der Waals surface area contributed by atoms with Crippen molar-refractivity contribution in [2.75, 3.05) is 0 Å². The second kappa shape index (κ2) is 16.8. The number of fused-ring (bicyclic) bond motifs is 9. The van der Waals surface area contributed by atoms with Gasteiger partial charge in [0, 0.05) is 71.6 Å². The van der Waals surface area contributed by atoms with Crippen LogP contribution in [0, 0.1) is 6.92 Å². The lowest BCUT2D eigenvalue weighted by molar-refractivity contribution is 0.669. The van der Waals surface area contributed by atoms with Crippen LogP contribution in [0.15, 0.2) is 187 Å². The Morgan fingerprint density at radius 3 is 2.03 bits per heavy atom. The van der Waals surface area contributed by atoms with E-state index in [1.54, 1.807) is 12.7 Å². The van der Waals surface area contributed by atoms with Gasteiger partial charge in [0.25, 0.3) is 0 Å². The van der Waals surface area contributed by atoms with Crippen LogP contribution in [0.2, 0.25) is 0 Å². The molecule has 364 valence electrons. The highest BCUT2D eigenvalue weighted by Crippen LogP contribution is 2.41. The minimum atomic E-state index is 0.805. The van der Waals surface area contributed by atoms with Crippen LogP contribution in [-0.2, 0) is 21.1 Å². The fraction of sp³-hybridized carbons (Fsp3) is 0.0952. The maximum Gasteiger partial charge on any atom is 0.163 e. The number of aryl methyl sites for hydroxylation is 3. The topological polar surface area (TPSA) is 128 Å². The van der Waals surface area contributed by atoms with Gasteiger partial charge in [0.05, 0.1) is 50.4 Å². The number of rotatable bonds is 8. The van der Waals surface area contributed by atoms with E-state index < -0.39 is 0 Å². The van der Waals surface area contributed by atoms with E-state index in [2.05, 4.69) is 206 Å². The molecule has 0 amide bonds. The van der Waals surface area contributed by atoms with Crippen LogP contribution in [-0.4, -0.2) is 58.2 Å². The van der Waals surface area contributed by atoms with Gasteiger partial charge in [-0.05, 0) is 157 Å². The van der Waals surface area contributed by atoms with E-state index in [9.17, 15) is 0 Å². The summed E-state index contributed by atoms with van der Waals surface area (Å²) < 4.78 is 17.3. The van der Waals surface area contributed by atoms with Gasteiger partial charge in [0.2, 0.25) is 0 Å². The molecule has 0 saturated carbocycles. The SMILES string of the molecule is Cc1ccc(-c2ccccc2-n2c3ccc(C4=CCCC(c5nncn5C)=C4)nc3c3nc(-c4ccc5oc6ccc(-n7c8ccc(-c9cccc(-c%10nncn%10C)c9)cc8c8ncccc87)cc6c5c4)ccc32)n1C. The molecule has 1 aliphatic carbocycles. The smallest absolute Gasteiger partial charge is 0.163 e. The standard InChI is InChI=1S/C63H46N12O/c1-37-17-23-51(73(37)4)45-14-5-6-15-52(45)75-55-25-21-49(40-11-8-13-43(31-40)63-70-66-36-72(63)3)67-60(55)61-56(75)26-22-50(68-61)41-19-27-57-46(33-41)47-34-44(20-28-58(47)76-57)74-53-24-18-39(32-48(53)59-54(74)16-9-29-64-59)38-10-7-12-42(30-38)62-69-65-35-71(62)2/h5-7,9-12,14-36H,8,13H2,1-4H3. The number of furan rings is 1. The number of hydrogen-bond donors (Lipinski definition) is 0. The highest BCUT2D eigenvalue weighted by molar-refractivity contribution is 6.11. The molecule has 9 aromatic heterocycles. The van der Waals surface area contributed by atoms with Gasteiger partial charge in [-0.25, -0.2) is 9.97 Å². The Morgan fingerprint density at radius 1 is 0.526 bits per heavy atom. The van der Waals surface area contributed by atoms with E-state index in [0.29, 0.717) is 0 Å². The average Bonchev–Trinajstić information content (AvgIpc) is 4.38. The van der Waals surface area contributed by atoms with Crippen LogP contribution >= 0.6 is 0 Å². The highest BCUT2D eigenvalue weighted by atomic mass is 16.3. The van der Waals surface area contributed by atoms with Crippen molar-refractivity contribution in [3.8, 4) is 56.4 Å². The Kier molecular flexibility index (Phi) is 9.61. The van der Waals surface area contributed by atoms with Crippen molar-refractivity contribution >= 4 is 77.1 Å². The maximum absolute atomic E-state index is 6.56. The van der Waals surface area contributed by atoms with Crippen molar-refractivity contribution in [3.05, 3.63) is 200 Å². The van der Waals surface area contributed by atoms with Gasteiger partial charge in [-0.15, -0.1) is 20.4 Å². The molecule has 0 spiro atoms. The molecular weight excluding hydrogens is 941 g/mol. The van der Waals surface area contributed by atoms with Crippen molar-refractivity contribution in [1.82, 2.24) is 58.2 Å². The molecule has 13 nitrogen and oxygen atoms in total. The Bertz CT molecular complexity index is 4780. The second-order valence-corrected chi connectivity index (χ2v) is 19.8. The van der Waals surface area contributed by atoms with Crippen molar-refractivity contribution in [2.45, 2.75) is 19.8 Å². The quantitative estimate of drug-likeness (QED) is 0.147. The molecule has 0 atom stereocenters. The summed E-state index contributed by atoms with van der Waals surface area (Å²) in [4.78, 5) is 16.0. The van der Waals surface area contributed by atoms with Crippen LogP contribution < -0.4 is 0 Å². The van der Waals surface area contributed by atoms with E-state index in [1.807, 2.05) is 35.5 Å². The fourth-order valence-electron chi connectivity index (χ4n) is 11.5. The molecule has 0 N–H and O–H groups in total. The van der Waals surface area contributed by atoms with Crippen LogP contribution in [0.5, 0.6) is 0 Å². The van der Waals surface area contributed by atoms with Crippen molar-refractivity contribution in [2.24, 2.45) is 21.1 Å². The highest BCUT2D eigenvalue weighted by Gasteiger charge is 2.23. The number of nitrogens with zero attached hydrogens (tertiary/aromatic N) is 12. The summed E-state index contributed by atoms with van der Waals surface area (Å²) in [6, 6.07) is 53.7. The zero-order valence-electron chi connectivity index (χ0n) is 42.0. The van der Waals surface area contributed by atoms with Crippen LogP contribution in [0.3, 0.4) is 0 Å². The molecule has 0 aliphatic heterocycles. The predicted octanol–water partition coefficient (Wildman–Crippen LogP) is 13.8. The first-order valence-electron chi connectivity index (χ1n) is 25.4. The van der Waals surface area contributed by atoms with Gasteiger partial charge >= 0.3 is 0 Å². The lowest BCUT2D eigenvalue weighted by Crippen LogP contribution is -2.01. The van der Waals surface area contributed by atoms with E-state index in [4.69, 9.17) is 19.4 Å². The molecule has 1 aliphatic rings. The first-order chi connectivity index (χ1) is 37.3. The van der Waals surface area contributed by atoms with Gasteiger partial charge < -0.3 is 27.3 Å². The lowest BCUT2D eigenvalue weighted by atomic mass is 9.96. The molecule has 9 heterocycles. The molecule has 0 fully saturated rings. The number of para-hydroxylation sites is 1. The molecule has 13 heteroatoms. The zero-order valence-corrected chi connectivity index (χ0v) is 42.0. The molecular formula is C63H46N12O. The summed E-state index contributed by atoms with van der Waals surface area (Å²) in [5.41, 5.74) is 21.8. The predicted molar refractivity (Wildman–Crippen MR) is 302 cm³/mol. The summed E-state index contributed by atoms with van der Waals surface area (Å²) in [6.45, 7) is 2.14. The van der Waals surface area contributed by atoms with Crippen molar-refractivity contribution in [3.63, 3.8) is 0 Å². The third kappa shape index (κ3) is 6.75. The van der Waals surface area contributed by atoms with Crippen molar-refractivity contribution < 1.29 is 4.42 Å². The van der Waals surface area contributed by atoms with Gasteiger partial charge in [-0.3, -0.25) is 4.98 Å². The first-order valence-corrected chi connectivity index (χ1v) is 25.4. The summed E-state index contributed by atoms with van der Waals surface area (Å²) in [5.74, 6) is 1.69. The number of aromatic nitrogens is 12. The zero-order chi connectivity index (χ0) is 50.8. The largest absolute Gasteiger partial charge is 0.456 e. The van der Waals surface area contributed by atoms with Crippen LogP contribution in [0.25, 0.3) is 133 Å². The normalized spacial score (nSPS) is 13.1. The minimum absolute atomic E-state index is 0.805. The van der Waals surface area contributed by atoms with Gasteiger partial charge in [0.1, 0.15) is 34.9 Å². The molecule has 15 rings (SSSR count). The first kappa shape index (κ1) is 43.6. The Hall–Kier alpha value is -10.0. The molecule has 0 bridgehead atoms. The second-order valence-electron chi connectivity index (χ2n) is 19.8. The monoisotopic (exact) mass is 986 g/mol. The maximum atomic E-state index is 6.56. The average molecular weight is 987 g/mol. The molecule has 76 heavy (non-hydrogen) atoms. The Balaban J connectivity index is 0.864. The molecule has 5 aromatic carbocycles. The van der Waals surface area contributed by atoms with E-state index in [0.717, 1.165) is 158 Å². The third-order valence-corrected chi connectivity index (χ3v) is 15.3. The number of allylic oxidation sites excluding steroid dienone is 4. The fourth-order valence-corrected chi connectivity index (χ4v) is 11.5. The van der Waals surface area contributed by atoms with E-state index >= 15 is 0 Å². The number of hydrogen-bond acceptors (Lipinski definition) is 8. The number of benzene rings is 5.